The first-order chi connectivity index (χ1) is 5.20. The zero-order chi connectivity index (χ0) is 8.01. The molecular weight excluding hydrogens is 158 g/mol. The van der Waals surface area contributed by atoms with E-state index in [4.69, 9.17) is 14.6 Å². The largest absolute Gasteiger partial charge is 0.387 e. The number of rotatable bonds is 0. The molecule has 2 rings (SSSR count). The molecule has 2 saturated heterocycles. The lowest BCUT2D eigenvalue weighted by Crippen LogP contribution is -2.49. The Labute approximate surface area is 61.9 Å². The maximum atomic E-state index is 12.8. The van der Waals surface area contributed by atoms with Crippen molar-refractivity contribution < 1.29 is 23.4 Å². The summed E-state index contributed by atoms with van der Waals surface area (Å²) in [4.78, 5) is 0. The fraction of sp³-hybridized carbons (Fsp3) is 1.00. The summed E-state index contributed by atoms with van der Waals surface area (Å²) in [7, 11) is 0. The standard InChI is InChI=1S/C6H8F2O3/c7-3-2-1-10-6(11-2)4(8)5(3)9/h2-6,9H,1H2/t2-,3-,4-,5+,6?/m1/s1. The molecule has 2 heterocycles. The van der Waals surface area contributed by atoms with Gasteiger partial charge in [0.25, 0.3) is 0 Å². The van der Waals surface area contributed by atoms with Crippen molar-refractivity contribution in [2.24, 2.45) is 0 Å². The number of aliphatic hydroxyl groups excluding tert-OH is 1. The average Bonchev–Trinajstić information content (AvgIpc) is 2.44. The highest BCUT2D eigenvalue weighted by Gasteiger charge is 2.50. The number of ether oxygens (including phenoxy) is 2. The minimum atomic E-state index is -1.76. The lowest BCUT2D eigenvalue weighted by Gasteiger charge is -2.29. The zero-order valence-electron chi connectivity index (χ0n) is 5.61. The van der Waals surface area contributed by atoms with Crippen LogP contribution in [0.5, 0.6) is 0 Å². The van der Waals surface area contributed by atoms with E-state index in [1.807, 2.05) is 0 Å². The predicted octanol–water partition coefficient (Wildman–Crippen LogP) is -0.221. The van der Waals surface area contributed by atoms with E-state index in [0.29, 0.717) is 0 Å². The molecule has 0 aromatic carbocycles. The van der Waals surface area contributed by atoms with Crippen molar-refractivity contribution in [3.8, 4) is 0 Å². The molecule has 0 saturated carbocycles. The van der Waals surface area contributed by atoms with E-state index in [1.165, 1.54) is 0 Å². The van der Waals surface area contributed by atoms with Crippen molar-refractivity contribution >= 4 is 0 Å². The monoisotopic (exact) mass is 166 g/mol. The Hall–Kier alpha value is -0.260. The molecule has 0 aliphatic carbocycles. The Morgan fingerprint density at radius 1 is 1.27 bits per heavy atom. The summed E-state index contributed by atoms with van der Waals surface area (Å²) in [6, 6.07) is 0. The lowest BCUT2D eigenvalue weighted by atomic mass is 10.0. The van der Waals surface area contributed by atoms with Crippen molar-refractivity contribution in [2.75, 3.05) is 6.61 Å². The number of fused-ring (bicyclic) bond motifs is 2. The van der Waals surface area contributed by atoms with E-state index in [-0.39, 0.29) is 6.61 Å². The highest BCUT2D eigenvalue weighted by Crippen LogP contribution is 2.31. The second-order valence-electron chi connectivity index (χ2n) is 2.76. The van der Waals surface area contributed by atoms with Gasteiger partial charge in [0.05, 0.1) is 6.61 Å². The average molecular weight is 166 g/mol. The Kier molecular flexibility index (Phi) is 1.59. The first-order valence-corrected chi connectivity index (χ1v) is 3.43. The summed E-state index contributed by atoms with van der Waals surface area (Å²) in [5.41, 5.74) is 0. The molecule has 2 aliphatic rings. The third kappa shape index (κ3) is 0.953. The van der Waals surface area contributed by atoms with Crippen molar-refractivity contribution in [3.63, 3.8) is 0 Å². The molecule has 64 valence electrons. The molecule has 2 fully saturated rings. The van der Waals surface area contributed by atoms with E-state index < -0.39 is 30.8 Å². The minimum absolute atomic E-state index is 0.0311. The maximum Gasteiger partial charge on any atom is 0.192 e. The Balaban J connectivity index is 2.16. The van der Waals surface area contributed by atoms with Gasteiger partial charge in [0.2, 0.25) is 0 Å². The second-order valence-corrected chi connectivity index (χ2v) is 2.76. The van der Waals surface area contributed by atoms with Crippen LogP contribution < -0.4 is 0 Å². The molecule has 3 nitrogen and oxygen atoms in total. The van der Waals surface area contributed by atoms with Crippen LogP contribution >= 0.6 is 0 Å². The van der Waals surface area contributed by atoms with Gasteiger partial charge in [0.1, 0.15) is 12.2 Å². The van der Waals surface area contributed by atoms with E-state index in [1.54, 1.807) is 0 Å². The molecule has 0 aromatic heterocycles. The summed E-state index contributed by atoms with van der Waals surface area (Å²) >= 11 is 0. The van der Waals surface area contributed by atoms with E-state index >= 15 is 0 Å². The van der Waals surface area contributed by atoms with Gasteiger partial charge in [-0.2, -0.15) is 0 Å². The Morgan fingerprint density at radius 2 is 2.00 bits per heavy atom. The third-order valence-electron chi connectivity index (χ3n) is 2.00. The molecule has 2 bridgehead atoms. The Morgan fingerprint density at radius 3 is 2.73 bits per heavy atom. The van der Waals surface area contributed by atoms with Gasteiger partial charge in [-0.25, -0.2) is 8.78 Å². The van der Waals surface area contributed by atoms with Crippen LogP contribution in [-0.4, -0.2) is 42.6 Å². The van der Waals surface area contributed by atoms with Gasteiger partial charge in [0, 0.05) is 0 Å². The van der Waals surface area contributed by atoms with Crippen LogP contribution in [0.4, 0.5) is 8.78 Å². The molecule has 0 spiro atoms. The third-order valence-corrected chi connectivity index (χ3v) is 2.00. The smallest absolute Gasteiger partial charge is 0.192 e. The van der Waals surface area contributed by atoms with Gasteiger partial charge >= 0.3 is 0 Å². The number of hydrogen-bond acceptors (Lipinski definition) is 3. The first-order valence-electron chi connectivity index (χ1n) is 3.43. The van der Waals surface area contributed by atoms with Gasteiger partial charge in [-0.15, -0.1) is 0 Å². The molecular formula is C6H8F2O3. The van der Waals surface area contributed by atoms with Crippen LogP contribution in [0, 0.1) is 0 Å². The molecule has 5 atom stereocenters. The van der Waals surface area contributed by atoms with Crippen LogP contribution in [0.15, 0.2) is 0 Å². The second kappa shape index (κ2) is 2.36. The van der Waals surface area contributed by atoms with Crippen molar-refractivity contribution in [1.82, 2.24) is 0 Å². The van der Waals surface area contributed by atoms with E-state index in [0.717, 1.165) is 0 Å². The van der Waals surface area contributed by atoms with Crippen molar-refractivity contribution in [2.45, 2.75) is 30.8 Å². The van der Waals surface area contributed by atoms with Gasteiger partial charge in [0.15, 0.2) is 18.6 Å². The van der Waals surface area contributed by atoms with Crippen molar-refractivity contribution in [1.29, 1.82) is 0 Å². The maximum absolute atomic E-state index is 12.8. The fourth-order valence-electron chi connectivity index (χ4n) is 1.33. The molecule has 5 heteroatoms. The predicted molar refractivity (Wildman–Crippen MR) is 30.4 cm³/mol. The van der Waals surface area contributed by atoms with E-state index in [9.17, 15) is 8.78 Å². The number of aliphatic hydroxyl groups is 1. The topological polar surface area (TPSA) is 38.7 Å². The van der Waals surface area contributed by atoms with Crippen LogP contribution in [0.1, 0.15) is 0 Å². The molecule has 1 unspecified atom stereocenters. The quantitative estimate of drug-likeness (QED) is 0.540. The van der Waals surface area contributed by atoms with Gasteiger partial charge in [-0.05, 0) is 0 Å². The summed E-state index contributed by atoms with van der Waals surface area (Å²) < 4.78 is 35.1. The van der Waals surface area contributed by atoms with Crippen LogP contribution in [-0.2, 0) is 9.47 Å². The molecule has 0 aromatic rings. The van der Waals surface area contributed by atoms with Crippen LogP contribution in [0.2, 0.25) is 0 Å². The number of alkyl halides is 2. The summed E-state index contributed by atoms with van der Waals surface area (Å²) in [6.45, 7) is 0.0311. The Bertz CT molecular complexity index is 146. The van der Waals surface area contributed by atoms with Gasteiger partial charge in [-0.3, -0.25) is 0 Å². The minimum Gasteiger partial charge on any atom is -0.387 e. The SMILES string of the molecule is O[C@H]1[C@H](F)[C@H]2COC(O2)[C@@H]1F. The highest BCUT2D eigenvalue weighted by molar-refractivity contribution is 4.93. The molecule has 0 radical (unpaired) electrons. The zero-order valence-corrected chi connectivity index (χ0v) is 5.61. The lowest BCUT2D eigenvalue weighted by molar-refractivity contribution is -0.192. The first kappa shape index (κ1) is 7.39. The van der Waals surface area contributed by atoms with E-state index in [2.05, 4.69) is 0 Å². The molecule has 0 amide bonds. The number of hydrogen-bond donors (Lipinski definition) is 1. The highest BCUT2D eigenvalue weighted by atomic mass is 19.1. The normalized spacial score (nSPS) is 56.5. The summed E-state index contributed by atoms with van der Waals surface area (Å²) in [5, 5.41) is 8.92. The van der Waals surface area contributed by atoms with Crippen LogP contribution in [0.25, 0.3) is 0 Å². The van der Waals surface area contributed by atoms with Gasteiger partial charge < -0.3 is 14.6 Å². The summed E-state index contributed by atoms with van der Waals surface area (Å²) in [5.74, 6) is 0. The number of halogens is 2. The molecule has 2 aliphatic heterocycles. The fourth-order valence-corrected chi connectivity index (χ4v) is 1.33. The molecule has 1 N–H and O–H groups in total. The summed E-state index contributed by atoms with van der Waals surface area (Å²) in [6.07, 6.45) is -6.88. The van der Waals surface area contributed by atoms with Crippen LogP contribution in [0.3, 0.4) is 0 Å². The van der Waals surface area contributed by atoms with Gasteiger partial charge in [-0.1, -0.05) is 0 Å². The molecule has 11 heavy (non-hydrogen) atoms. The van der Waals surface area contributed by atoms with Crippen molar-refractivity contribution in [3.05, 3.63) is 0 Å².